The molecule has 1 N–H and O–H groups in total. The first-order valence-corrected chi connectivity index (χ1v) is 7.83. The second-order valence-corrected chi connectivity index (χ2v) is 5.73. The average Bonchev–Trinajstić information content (AvgIpc) is 3.24. The smallest absolute Gasteiger partial charge is 0.265 e. The fraction of sp³-hybridized carbons (Fsp3) is 0.600. The molecule has 3 heterocycles. The maximum Gasteiger partial charge on any atom is 0.265 e. The Bertz CT molecular complexity index is 672. The number of ether oxygens (including phenoxy) is 1. The normalized spacial score (nSPS) is 17.6. The van der Waals surface area contributed by atoms with Crippen molar-refractivity contribution in [1.29, 1.82) is 0 Å². The van der Waals surface area contributed by atoms with Gasteiger partial charge in [-0.15, -0.1) is 10.2 Å². The molecule has 0 aliphatic carbocycles. The van der Waals surface area contributed by atoms with Gasteiger partial charge < -0.3 is 14.5 Å². The fourth-order valence-electron chi connectivity index (χ4n) is 2.61. The summed E-state index contributed by atoms with van der Waals surface area (Å²) >= 11 is 0. The third-order valence-electron chi connectivity index (χ3n) is 3.80. The Hall–Kier alpha value is -2.22. The summed E-state index contributed by atoms with van der Waals surface area (Å²) in [5.41, 5.74) is 1.65. The standard InChI is InChI=1S/C15H21N5O3/c1-10-8-12(20(2)19-10)15-18-17-14(23-15)6-5-13(21)16-9-11-4-3-7-22-11/h8,11H,3-7,9H2,1-2H3,(H,16,21). The summed E-state index contributed by atoms with van der Waals surface area (Å²) < 4.78 is 12.8. The molecule has 1 fully saturated rings. The molecule has 3 rings (SSSR count). The van der Waals surface area contributed by atoms with Crippen LogP contribution in [0.1, 0.15) is 30.8 Å². The van der Waals surface area contributed by atoms with Gasteiger partial charge in [0.15, 0.2) is 0 Å². The Morgan fingerprint density at radius 3 is 3.04 bits per heavy atom. The molecule has 2 aromatic rings. The number of hydrogen-bond acceptors (Lipinski definition) is 6. The van der Waals surface area contributed by atoms with Crippen LogP contribution in [-0.4, -0.2) is 45.1 Å². The lowest BCUT2D eigenvalue weighted by molar-refractivity contribution is -0.121. The quantitative estimate of drug-likeness (QED) is 0.853. The lowest BCUT2D eigenvalue weighted by atomic mass is 10.2. The Morgan fingerprint density at radius 1 is 1.48 bits per heavy atom. The molecule has 8 nitrogen and oxygen atoms in total. The maximum absolute atomic E-state index is 11.8. The van der Waals surface area contributed by atoms with E-state index in [4.69, 9.17) is 9.15 Å². The molecule has 1 aliphatic heterocycles. The summed E-state index contributed by atoms with van der Waals surface area (Å²) in [6.07, 6.45) is 2.97. The van der Waals surface area contributed by atoms with Crippen LogP contribution in [0.15, 0.2) is 10.5 Å². The Labute approximate surface area is 134 Å². The van der Waals surface area contributed by atoms with Gasteiger partial charge in [0.25, 0.3) is 5.89 Å². The maximum atomic E-state index is 11.8. The summed E-state index contributed by atoms with van der Waals surface area (Å²) in [7, 11) is 1.82. The van der Waals surface area contributed by atoms with E-state index in [1.807, 2.05) is 20.0 Å². The van der Waals surface area contributed by atoms with Gasteiger partial charge in [0.1, 0.15) is 5.69 Å². The SMILES string of the molecule is Cc1cc(-c2nnc(CCC(=O)NCC3CCCO3)o2)n(C)n1. The van der Waals surface area contributed by atoms with Gasteiger partial charge in [-0.05, 0) is 25.8 Å². The van der Waals surface area contributed by atoms with E-state index in [1.54, 1.807) is 4.68 Å². The number of carbonyl (C=O) groups excluding carboxylic acids is 1. The number of nitrogens with one attached hydrogen (secondary N) is 1. The van der Waals surface area contributed by atoms with Gasteiger partial charge in [-0.3, -0.25) is 9.48 Å². The molecule has 1 saturated heterocycles. The predicted octanol–water partition coefficient (Wildman–Crippen LogP) is 1.01. The van der Waals surface area contributed by atoms with Crippen molar-refractivity contribution in [3.8, 4) is 11.6 Å². The van der Waals surface area contributed by atoms with Gasteiger partial charge in [0.05, 0.1) is 11.8 Å². The monoisotopic (exact) mass is 319 g/mol. The van der Waals surface area contributed by atoms with Crippen molar-refractivity contribution >= 4 is 5.91 Å². The molecule has 1 atom stereocenters. The number of hydrogen-bond donors (Lipinski definition) is 1. The van der Waals surface area contributed by atoms with Gasteiger partial charge in [-0.25, -0.2) is 0 Å². The minimum Gasteiger partial charge on any atom is -0.419 e. The second-order valence-electron chi connectivity index (χ2n) is 5.73. The van der Waals surface area contributed by atoms with Crippen molar-refractivity contribution in [1.82, 2.24) is 25.3 Å². The first-order valence-electron chi connectivity index (χ1n) is 7.83. The van der Waals surface area contributed by atoms with Crippen LogP contribution in [0.3, 0.4) is 0 Å². The molecule has 1 aliphatic rings. The van der Waals surface area contributed by atoms with Crippen molar-refractivity contribution in [3.63, 3.8) is 0 Å². The van der Waals surface area contributed by atoms with Crippen LogP contribution in [0.25, 0.3) is 11.6 Å². The molecule has 1 unspecified atom stereocenters. The van der Waals surface area contributed by atoms with Crippen LogP contribution in [0.5, 0.6) is 0 Å². The molecule has 23 heavy (non-hydrogen) atoms. The van der Waals surface area contributed by atoms with Gasteiger partial charge >= 0.3 is 0 Å². The first kappa shape index (κ1) is 15.7. The van der Waals surface area contributed by atoms with Crippen LogP contribution < -0.4 is 5.32 Å². The van der Waals surface area contributed by atoms with Gasteiger partial charge in [0.2, 0.25) is 11.8 Å². The largest absolute Gasteiger partial charge is 0.419 e. The van der Waals surface area contributed by atoms with Crippen molar-refractivity contribution in [2.75, 3.05) is 13.2 Å². The van der Waals surface area contributed by atoms with Crippen LogP contribution in [0, 0.1) is 6.92 Å². The highest BCUT2D eigenvalue weighted by Crippen LogP contribution is 2.18. The molecule has 2 aromatic heterocycles. The topological polar surface area (TPSA) is 95.1 Å². The zero-order valence-electron chi connectivity index (χ0n) is 13.4. The van der Waals surface area contributed by atoms with E-state index in [-0.39, 0.29) is 12.0 Å². The van der Waals surface area contributed by atoms with E-state index in [1.165, 1.54) is 0 Å². The number of nitrogens with zero attached hydrogens (tertiary/aromatic N) is 4. The summed E-state index contributed by atoms with van der Waals surface area (Å²) in [5.74, 6) is 0.839. The molecule has 1 amide bonds. The van der Waals surface area contributed by atoms with Crippen molar-refractivity contribution in [3.05, 3.63) is 17.7 Å². The molecule has 0 bridgehead atoms. The van der Waals surface area contributed by atoms with E-state index >= 15 is 0 Å². The van der Waals surface area contributed by atoms with Crippen molar-refractivity contribution < 1.29 is 13.9 Å². The van der Waals surface area contributed by atoms with E-state index in [2.05, 4.69) is 20.6 Å². The Morgan fingerprint density at radius 2 is 2.35 bits per heavy atom. The third-order valence-corrected chi connectivity index (χ3v) is 3.80. The van der Waals surface area contributed by atoms with Crippen LogP contribution in [-0.2, 0) is 23.0 Å². The second kappa shape index (κ2) is 6.91. The number of aromatic nitrogens is 4. The van der Waals surface area contributed by atoms with Gasteiger partial charge in [-0.2, -0.15) is 5.10 Å². The van der Waals surface area contributed by atoms with Crippen LogP contribution in [0.4, 0.5) is 0 Å². The fourth-order valence-corrected chi connectivity index (χ4v) is 2.61. The minimum atomic E-state index is -0.0309. The van der Waals surface area contributed by atoms with E-state index in [9.17, 15) is 4.79 Å². The highest BCUT2D eigenvalue weighted by Gasteiger charge is 2.17. The zero-order chi connectivity index (χ0) is 16.2. The highest BCUT2D eigenvalue weighted by atomic mass is 16.5. The number of rotatable bonds is 6. The summed E-state index contributed by atoms with van der Waals surface area (Å²) in [5, 5.41) is 15.1. The van der Waals surface area contributed by atoms with Crippen molar-refractivity contribution in [2.45, 2.75) is 38.7 Å². The molecule has 124 valence electrons. The lowest BCUT2D eigenvalue weighted by Crippen LogP contribution is -2.31. The van der Waals surface area contributed by atoms with Crippen LogP contribution >= 0.6 is 0 Å². The molecule has 0 saturated carbocycles. The minimum absolute atomic E-state index is 0.0309. The molecule has 0 radical (unpaired) electrons. The van der Waals surface area contributed by atoms with Gasteiger partial charge in [-0.1, -0.05) is 0 Å². The van der Waals surface area contributed by atoms with E-state index in [0.29, 0.717) is 31.2 Å². The Kier molecular flexibility index (Phi) is 4.71. The highest BCUT2D eigenvalue weighted by molar-refractivity contribution is 5.76. The van der Waals surface area contributed by atoms with Crippen molar-refractivity contribution in [2.24, 2.45) is 7.05 Å². The zero-order valence-corrected chi connectivity index (χ0v) is 13.4. The number of carbonyl (C=O) groups is 1. The third kappa shape index (κ3) is 3.95. The Balaban J connectivity index is 1.49. The average molecular weight is 319 g/mol. The van der Waals surface area contributed by atoms with Crippen LogP contribution in [0.2, 0.25) is 0 Å². The predicted molar refractivity (Wildman–Crippen MR) is 81.5 cm³/mol. The number of amides is 1. The molecule has 0 spiro atoms. The van der Waals surface area contributed by atoms with E-state index in [0.717, 1.165) is 30.8 Å². The summed E-state index contributed by atoms with van der Waals surface area (Å²) in [6, 6.07) is 1.88. The van der Waals surface area contributed by atoms with E-state index < -0.39 is 0 Å². The lowest BCUT2D eigenvalue weighted by Gasteiger charge is -2.10. The molecular formula is C15H21N5O3. The molecule has 8 heteroatoms. The molecule has 0 aromatic carbocycles. The molecular weight excluding hydrogens is 298 g/mol. The summed E-state index contributed by atoms with van der Waals surface area (Å²) in [4.78, 5) is 11.8. The first-order chi connectivity index (χ1) is 11.1. The number of aryl methyl sites for hydroxylation is 3. The summed E-state index contributed by atoms with van der Waals surface area (Å²) in [6.45, 7) is 3.26. The van der Waals surface area contributed by atoms with Gasteiger partial charge in [0, 0.05) is 33.0 Å².